The summed E-state index contributed by atoms with van der Waals surface area (Å²) >= 11 is 9.85. The lowest BCUT2D eigenvalue weighted by Crippen LogP contribution is -2.43. The van der Waals surface area contributed by atoms with Gasteiger partial charge in [0.15, 0.2) is 39.6 Å². The van der Waals surface area contributed by atoms with Crippen molar-refractivity contribution in [2.75, 3.05) is 70.9 Å². The predicted molar refractivity (Wildman–Crippen MR) is 231 cm³/mol. The van der Waals surface area contributed by atoms with Gasteiger partial charge in [0.2, 0.25) is 0 Å². The Labute approximate surface area is 360 Å². The molecule has 0 radical (unpaired) electrons. The zero-order valence-corrected chi connectivity index (χ0v) is 34.1. The van der Waals surface area contributed by atoms with Crippen molar-refractivity contribution in [1.82, 2.24) is 31.5 Å². The number of phenols is 6. The first kappa shape index (κ1) is 46.7. The van der Waals surface area contributed by atoms with Crippen LogP contribution in [-0.4, -0.2) is 135 Å². The van der Waals surface area contributed by atoms with Crippen LogP contribution in [0.5, 0.6) is 34.5 Å². The molecule has 0 saturated heterocycles. The lowest BCUT2D eigenvalue weighted by Gasteiger charge is -2.23. The number of thiocarbonyl (C=S) groups is 2. The summed E-state index contributed by atoms with van der Waals surface area (Å²) < 4.78 is 5.51. The van der Waals surface area contributed by atoms with E-state index in [4.69, 9.17) is 17.0 Å². The molecule has 4 rings (SSSR count). The number of aliphatic imine (C=N–C) groups is 1. The van der Waals surface area contributed by atoms with Crippen LogP contribution in [0.2, 0.25) is 0 Å². The minimum atomic E-state index is -0.816. The van der Waals surface area contributed by atoms with E-state index in [0.717, 1.165) is 5.69 Å². The molecule has 0 bridgehead atoms. The van der Waals surface area contributed by atoms with Gasteiger partial charge >= 0.3 is 0 Å². The van der Waals surface area contributed by atoms with Crippen LogP contribution in [0.25, 0.3) is 0 Å². The van der Waals surface area contributed by atoms with Crippen LogP contribution in [0.1, 0.15) is 41.4 Å². The number of para-hydroxylation sites is 2. The highest BCUT2D eigenvalue weighted by Gasteiger charge is 2.22. The summed E-state index contributed by atoms with van der Waals surface area (Å²) in [6.45, 7) is 1.42. The molecule has 0 aromatic heterocycles. The number of nitrogens with zero attached hydrogens (tertiary/aromatic N) is 2. The van der Waals surface area contributed by atoms with Gasteiger partial charge in [0.05, 0.1) is 46.3 Å². The molecule has 0 heterocycles. The van der Waals surface area contributed by atoms with Crippen molar-refractivity contribution in [2.45, 2.75) is 0 Å². The number of benzene rings is 4. The lowest BCUT2D eigenvalue weighted by molar-refractivity contribution is 0.0907. The molecular weight excluding hydrogens is 833 g/mol. The topological polar surface area (TPSA) is 287 Å². The van der Waals surface area contributed by atoms with Crippen LogP contribution in [0, 0.1) is 0 Å². The summed E-state index contributed by atoms with van der Waals surface area (Å²) in [5.41, 5.74) is 0.530. The highest BCUT2D eigenvalue weighted by Crippen LogP contribution is 2.33. The molecule has 0 aliphatic carbocycles. The fraction of sp³-hybridized carbons (Fsp3) is 0.250. The molecule has 21 heteroatoms. The van der Waals surface area contributed by atoms with Crippen molar-refractivity contribution >= 4 is 69.7 Å². The Morgan fingerprint density at radius 1 is 0.557 bits per heavy atom. The molecule has 19 nitrogen and oxygen atoms in total. The monoisotopic (exact) mass is 876 g/mol. The third kappa shape index (κ3) is 14.0. The van der Waals surface area contributed by atoms with E-state index >= 15 is 0 Å². The van der Waals surface area contributed by atoms with Gasteiger partial charge in [-0.05, 0) is 85.1 Å². The van der Waals surface area contributed by atoms with E-state index in [-0.39, 0.29) is 81.3 Å². The number of ether oxygens (including phenoxy) is 1. The largest absolute Gasteiger partial charge is 0.504 e. The fourth-order valence-electron chi connectivity index (χ4n) is 5.50. The zero-order chi connectivity index (χ0) is 44.3. The van der Waals surface area contributed by atoms with Crippen molar-refractivity contribution in [3.05, 3.63) is 95.1 Å². The Bertz CT molecular complexity index is 2190. The number of carbonyl (C=O) groups is 4. The Morgan fingerprint density at radius 2 is 0.967 bits per heavy atom. The maximum absolute atomic E-state index is 13.0. The van der Waals surface area contributed by atoms with Gasteiger partial charge in [0, 0.05) is 58.0 Å². The normalized spacial score (nSPS) is 10.6. The average Bonchev–Trinajstić information content (AvgIpc) is 3.23. The Kier molecular flexibility index (Phi) is 18.0. The Morgan fingerprint density at radius 3 is 1.41 bits per heavy atom. The molecular formula is C40H44N8O11S2. The van der Waals surface area contributed by atoms with Gasteiger partial charge < -0.3 is 67.3 Å². The summed E-state index contributed by atoms with van der Waals surface area (Å²) in [7, 11) is 0. The number of hydrogen-bond donors (Lipinski definition) is 12. The smallest absolute Gasteiger partial charge is 0.255 e. The molecule has 0 fully saturated rings. The van der Waals surface area contributed by atoms with Gasteiger partial charge in [0.1, 0.15) is 0 Å². The van der Waals surface area contributed by atoms with Gasteiger partial charge in [-0.1, -0.05) is 12.1 Å². The van der Waals surface area contributed by atoms with Gasteiger partial charge in [-0.15, -0.1) is 0 Å². The van der Waals surface area contributed by atoms with Gasteiger partial charge in [0.25, 0.3) is 23.6 Å². The lowest BCUT2D eigenvalue weighted by atomic mass is 10.1. The van der Waals surface area contributed by atoms with E-state index in [2.05, 4.69) is 54.3 Å². The number of nitrogens with one attached hydrogen (secondary N) is 6. The van der Waals surface area contributed by atoms with Crippen molar-refractivity contribution in [3.63, 3.8) is 0 Å². The number of phenolic OH excluding ortho intramolecular Hbond substituents is 6. The summed E-state index contributed by atoms with van der Waals surface area (Å²) in [5.74, 6) is -6.53. The number of anilines is 1. The molecule has 61 heavy (non-hydrogen) atoms. The van der Waals surface area contributed by atoms with Crippen molar-refractivity contribution < 1.29 is 54.6 Å². The zero-order valence-electron chi connectivity index (χ0n) is 32.4. The van der Waals surface area contributed by atoms with Crippen LogP contribution in [0.4, 0.5) is 11.4 Å². The van der Waals surface area contributed by atoms with Crippen LogP contribution >= 0.6 is 24.4 Å². The molecule has 4 amide bonds. The summed E-state index contributed by atoms with van der Waals surface area (Å²) in [5, 5.41) is 79.9. The third-order valence-electron chi connectivity index (χ3n) is 8.66. The van der Waals surface area contributed by atoms with Gasteiger partial charge in [-0.2, -0.15) is 4.99 Å². The SMILES string of the molecule is O=C(NCCN(CCNC(=O)c1cccc(O)c1O)CCNC(=O)c1ccc(C(=O)NCCOCCNC(=S)Nc2ccc(N=C=S)cc2)c(O)c1O)c1cccc(O)c1O. The van der Waals surface area contributed by atoms with E-state index in [1.807, 2.05) is 0 Å². The first-order valence-corrected chi connectivity index (χ1v) is 19.3. The molecule has 4 aromatic rings. The van der Waals surface area contributed by atoms with Crippen LogP contribution < -0.4 is 31.9 Å². The summed E-state index contributed by atoms with van der Waals surface area (Å²) in [4.78, 5) is 56.7. The standard InChI is InChI=1S/C40H44N8O11S2/c49-30-5-1-3-26(32(30)51)36(55)41-13-18-48(19-14-42-37(56)27-4-2-6-31(50)33(27)52)20-15-43-38(57)28-11-12-29(35(54)34(28)53)39(58)44-16-21-59-22-17-45-40(61)47-25-9-7-24(8-10-25)46-23-60/h1-12,49-54H,13-22H2,(H,41,55)(H,42,56)(H,43,57)(H,44,58)(H2,45,47,61). The quantitative estimate of drug-likeness (QED) is 0.0248. The average molecular weight is 877 g/mol. The highest BCUT2D eigenvalue weighted by atomic mass is 32.1. The summed E-state index contributed by atoms with van der Waals surface area (Å²) in [6.07, 6.45) is 0. The number of hydrogen-bond acceptors (Lipinski definition) is 15. The second-order valence-corrected chi connectivity index (χ2v) is 13.4. The molecule has 0 aliphatic heterocycles. The molecule has 322 valence electrons. The molecule has 0 aliphatic rings. The molecule has 4 aromatic carbocycles. The Hall–Kier alpha value is -7.03. The van der Waals surface area contributed by atoms with E-state index < -0.39 is 58.1 Å². The minimum Gasteiger partial charge on any atom is -0.504 e. The molecule has 0 unspecified atom stereocenters. The van der Waals surface area contributed by atoms with Gasteiger partial charge in [-0.3, -0.25) is 24.1 Å². The van der Waals surface area contributed by atoms with Crippen LogP contribution in [0.3, 0.4) is 0 Å². The van der Waals surface area contributed by atoms with E-state index in [1.165, 1.54) is 48.5 Å². The first-order chi connectivity index (χ1) is 29.3. The van der Waals surface area contributed by atoms with E-state index in [9.17, 15) is 49.8 Å². The fourth-order valence-corrected chi connectivity index (χ4v) is 5.82. The van der Waals surface area contributed by atoms with E-state index in [0.29, 0.717) is 17.3 Å². The van der Waals surface area contributed by atoms with Crippen LogP contribution in [0.15, 0.2) is 77.8 Å². The summed E-state index contributed by atoms with van der Waals surface area (Å²) in [6, 6.07) is 17.3. The molecule has 0 spiro atoms. The molecule has 0 atom stereocenters. The number of amides is 4. The van der Waals surface area contributed by atoms with Crippen molar-refractivity contribution in [3.8, 4) is 34.5 Å². The van der Waals surface area contributed by atoms with Crippen molar-refractivity contribution in [1.29, 1.82) is 0 Å². The maximum atomic E-state index is 13.0. The highest BCUT2D eigenvalue weighted by molar-refractivity contribution is 7.80. The number of carbonyl (C=O) groups excluding carboxylic acids is 4. The first-order valence-electron chi connectivity index (χ1n) is 18.5. The van der Waals surface area contributed by atoms with Gasteiger partial charge in [-0.25, -0.2) is 0 Å². The maximum Gasteiger partial charge on any atom is 0.255 e. The second-order valence-electron chi connectivity index (χ2n) is 12.8. The number of isothiocyanates is 1. The third-order valence-corrected chi connectivity index (χ3v) is 9.00. The molecule has 12 N–H and O–H groups in total. The Balaban J connectivity index is 1.23. The van der Waals surface area contributed by atoms with E-state index in [1.54, 1.807) is 29.2 Å². The van der Waals surface area contributed by atoms with Crippen molar-refractivity contribution in [2.24, 2.45) is 4.99 Å². The number of rotatable bonds is 21. The number of aromatic hydroxyl groups is 6. The van der Waals surface area contributed by atoms with Crippen LogP contribution in [-0.2, 0) is 4.74 Å². The predicted octanol–water partition coefficient (Wildman–Crippen LogP) is 2.28. The molecule has 0 saturated carbocycles. The minimum absolute atomic E-state index is 0.0133. The second kappa shape index (κ2) is 23.5.